The third-order valence-electron chi connectivity index (χ3n) is 3.62. The van der Waals surface area contributed by atoms with E-state index in [-0.39, 0.29) is 17.1 Å². The van der Waals surface area contributed by atoms with Gasteiger partial charge in [-0.2, -0.15) is 9.40 Å². The minimum atomic E-state index is -3.46. The lowest BCUT2D eigenvalue weighted by Gasteiger charge is -2.30. The van der Waals surface area contributed by atoms with Crippen molar-refractivity contribution in [3.05, 3.63) is 12.4 Å². The van der Waals surface area contributed by atoms with Gasteiger partial charge in [-0.15, -0.1) is 0 Å². The maximum absolute atomic E-state index is 12.5. The van der Waals surface area contributed by atoms with Crippen LogP contribution in [-0.2, 0) is 21.3 Å². The summed E-state index contributed by atoms with van der Waals surface area (Å²) < 4.78 is 33.8. The Morgan fingerprint density at radius 2 is 2.05 bits per heavy atom. The number of hydrogen-bond donors (Lipinski definition) is 1. The van der Waals surface area contributed by atoms with E-state index in [9.17, 15) is 8.42 Å². The Bertz CT molecular complexity index is 544. The van der Waals surface area contributed by atoms with E-state index in [0.717, 1.165) is 12.8 Å². The average Bonchev–Trinajstić information content (AvgIpc) is 2.97. The fraction of sp³-hybridized carbons (Fsp3) is 0.727. The van der Waals surface area contributed by atoms with E-state index in [0.29, 0.717) is 26.2 Å². The van der Waals surface area contributed by atoms with Crippen LogP contribution >= 0.6 is 0 Å². The summed E-state index contributed by atoms with van der Waals surface area (Å²) in [7, 11) is -3.46. The molecule has 8 heteroatoms. The first-order valence-corrected chi connectivity index (χ1v) is 7.92. The molecule has 2 aliphatic heterocycles. The van der Waals surface area contributed by atoms with Gasteiger partial charge in [0.2, 0.25) is 10.0 Å². The molecule has 2 saturated heterocycles. The van der Waals surface area contributed by atoms with Gasteiger partial charge in [-0.05, 0) is 12.8 Å². The highest BCUT2D eigenvalue weighted by molar-refractivity contribution is 7.89. The SMILES string of the molecule is NCCn1cc(S(=O)(=O)N2CC3CCC(C2)O3)cn1. The summed E-state index contributed by atoms with van der Waals surface area (Å²) in [6.45, 7) is 1.84. The van der Waals surface area contributed by atoms with Crippen LogP contribution in [0.4, 0.5) is 0 Å². The number of hydrogen-bond acceptors (Lipinski definition) is 5. The summed E-state index contributed by atoms with van der Waals surface area (Å²) in [6, 6.07) is 0. The summed E-state index contributed by atoms with van der Waals surface area (Å²) in [5.41, 5.74) is 5.43. The molecule has 2 unspecified atom stereocenters. The predicted molar refractivity (Wildman–Crippen MR) is 67.9 cm³/mol. The molecule has 1 aromatic rings. The molecule has 2 atom stereocenters. The van der Waals surface area contributed by atoms with Crippen LogP contribution in [0.5, 0.6) is 0 Å². The van der Waals surface area contributed by atoms with E-state index in [1.54, 1.807) is 10.9 Å². The van der Waals surface area contributed by atoms with Crippen molar-refractivity contribution in [1.29, 1.82) is 0 Å². The van der Waals surface area contributed by atoms with Crippen LogP contribution in [-0.4, -0.2) is 54.3 Å². The molecule has 1 aromatic heterocycles. The zero-order valence-electron chi connectivity index (χ0n) is 10.6. The van der Waals surface area contributed by atoms with Gasteiger partial charge < -0.3 is 10.5 Å². The van der Waals surface area contributed by atoms with Gasteiger partial charge in [-0.1, -0.05) is 0 Å². The largest absolute Gasteiger partial charge is 0.372 e. The second kappa shape index (κ2) is 4.86. The lowest BCUT2D eigenvalue weighted by Crippen LogP contribution is -2.45. The second-order valence-corrected chi connectivity index (χ2v) is 6.95. The van der Waals surface area contributed by atoms with Gasteiger partial charge in [0.25, 0.3) is 0 Å². The number of ether oxygens (including phenoxy) is 1. The molecule has 2 N–H and O–H groups in total. The first kappa shape index (κ1) is 13.0. The molecular formula is C11H18N4O3S. The van der Waals surface area contributed by atoms with E-state index in [2.05, 4.69) is 5.10 Å². The van der Waals surface area contributed by atoms with E-state index in [4.69, 9.17) is 10.5 Å². The van der Waals surface area contributed by atoms with E-state index < -0.39 is 10.0 Å². The van der Waals surface area contributed by atoms with Crippen LogP contribution in [0.3, 0.4) is 0 Å². The summed E-state index contributed by atoms with van der Waals surface area (Å²) >= 11 is 0. The van der Waals surface area contributed by atoms with Crippen molar-refractivity contribution in [2.24, 2.45) is 5.73 Å². The Hall–Kier alpha value is -0.960. The molecule has 2 fully saturated rings. The predicted octanol–water partition coefficient (Wildman–Crippen LogP) is -0.606. The minimum absolute atomic E-state index is 0.0487. The molecule has 0 spiro atoms. The molecule has 0 amide bonds. The third kappa shape index (κ3) is 2.40. The molecule has 3 rings (SSSR count). The maximum atomic E-state index is 12.5. The molecule has 0 aromatic carbocycles. The number of aromatic nitrogens is 2. The van der Waals surface area contributed by atoms with Gasteiger partial charge in [0, 0.05) is 25.8 Å². The highest BCUT2D eigenvalue weighted by Gasteiger charge is 2.39. The molecule has 106 valence electrons. The smallest absolute Gasteiger partial charge is 0.246 e. The van der Waals surface area contributed by atoms with E-state index in [1.807, 2.05) is 0 Å². The van der Waals surface area contributed by atoms with Crippen LogP contribution in [0.25, 0.3) is 0 Å². The summed E-state index contributed by atoms with van der Waals surface area (Å²) in [5, 5.41) is 4.02. The van der Waals surface area contributed by atoms with Crippen LogP contribution in [0.1, 0.15) is 12.8 Å². The minimum Gasteiger partial charge on any atom is -0.372 e. The van der Waals surface area contributed by atoms with Crippen molar-refractivity contribution in [1.82, 2.24) is 14.1 Å². The number of fused-ring (bicyclic) bond motifs is 2. The van der Waals surface area contributed by atoms with Crippen molar-refractivity contribution >= 4 is 10.0 Å². The molecule has 0 aliphatic carbocycles. The van der Waals surface area contributed by atoms with Gasteiger partial charge in [0.15, 0.2) is 0 Å². The van der Waals surface area contributed by atoms with Crippen molar-refractivity contribution in [3.8, 4) is 0 Å². The monoisotopic (exact) mass is 286 g/mol. The lowest BCUT2D eigenvalue weighted by molar-refractivity contribution is -0.0114. The van der Waals surface area contributed by atoms with Gasteiger partial charge in [-0.25, -0.2) is 8.42 Å². The van der Waals surface area contributed by atoms with Crippen molar-refractivity contribution in [3.63, 3.8) is 0 Å². The zero-order chi connectivity index (χ0) is 13.5. The Morgan fingerprint density at radius 1 is 1.37 bits per heavy atom. The van der Waals surface area contributed by atoms with Gasteiger partial charge in [0.1, 0.15) is 4.90 Å². The Balaban J connectivity index is 1.81. The fourth-order valence-corrected chi connectivity index (χ4v) is 4.11. The molecule has 2 aliphatic rings. The molecule has 0 saturated carbocycles. The molecule has 3 heterocycles. The number of nitrogens with zero attached hydrogens (tertiary/aromatic N) is 3. The molecule has 2 bridgehead atoms. The molecule has 0 radical (unpaired) electrons. The first-order valence-electron chi connectivity index (χ1n) is 6.48. The standard InChI is InChI=1S/C11H18N4O3S/c12-3-4-14-8-11(5-13-14)19(16,17)15-6-9-1-2-10(7-15)18-9/h5,8-10H,1-4,6-7,12H2. The Morgan fingerprint density at radius 3 is 2.68 bits per heavy atom. The van der Waals surface area contributed by atoms with E-state index >= 15 is 0 Å². The van der Waals surface area contributed by atoms with Gasteiger partial charge >= 0.3 is 0 Å². The second-order valence-electron chi connectivity index (χ2n) is 5.01. The molecule has 19 heavy (non-hydrogen) atoms. The van der Waals surface area contributed by atoms with Gasteiger partial charge in [-0.3, -0.25) is 4.68 Å². The number of morpholine rings is 1. The van der Waals surface area contributed by atoms with Crippen molar-refractivity contribution in [2.45, 2.75) is 36.5 Å². The zero-order valence-corrected chi connectivity index (χ0v) is 11.4. The number of rotatable bonds is 4. The fourth-order valence-electron chi connectivity index (χ4n) is 2.66. The normalized spacial score (nSPS) is 27.8. The maximum Gasteiger partial charge on any atom is 0.246 e. The Kier molecular flexibility index (Phi) is 3.34. The first-order chi connectivity index (χ1) is 9.09. The van der Waals surface area contributed by atoms with Crippen LogP contribution in [0, 0.1) is 0 Å². The molecule has 7 nitrogen and oxygen atoms in total. The van der Waals surface area contributed by atoms with Crippen LogP contribution in [0.15, 0.2) is 17.3 Å². The summed E-state index contributed by atoms with van der Waals surface area (Å²) in [5.74, 6) is 0. The average molecular weight is 286 g/mol. The third-order valence-corrected chi connectivity index (χ3v) is 5.40. The summed E-state index contributed by atoms with van der Waals surface area (Å²) in [4.78, 5) is 0.238. The topological polar surface area (TPSA) is 90.5 Å². The van der Waals surface area contributed by atoms with Crippen LogP contribution < -0.4 is 5.73 Å². The van der Waals surface area contributed by atoms with Crippen molar-refractivity contribution in [2.75, 3.05) is 19.6 Å². The van der Waals surface area contributed by atoms with Crippen LogP contribution in [0.2, 0.25) is 0 Å². The number of sulfonamides is 1. The number of nitrogens with two attached hydrogens (primary N) is 1. The quantitative estimate of drug-likeness (QED) is 0.797. The Labute approximate surface area is 112 Å². The highest BCUT2D eigenvalue weighted by Crippen LogP contribution is 2.29. The van der Waals surface area contributed by atoms with Crippen molar-refractivity contribution < 1.29 is 13.2 Å². The van der Waals surface area contributed by atoms with Gasteiger partial charge in [0.05, 0.1) is 24.9 Å². The molecular weight excluding hydrogens is 268 g/mol. The highest BCUT2D eigenvalue weighted by atomic mass is 32.2. The lowest BCUT2D eigenvalue weighted by atomic mass is 10.2. The van der Waals surface area contributed by atoms with E-state index in [1.165, 1.54) is 10.5 Å². The summed E-state index contributed by atoms with van der Waals surface area (Å²) in [6.07, 6.45) is 4.92.